The highest BCUT2D eigenvalue weighted by molar-refractivity contribution is 5.42. The minimum Gasteiger partial charge on any atom is -0.385 e. The minimum absolute atomic E-state index is 0.214. The number of aromatic nitrogens is 3. The summed E-state index contributed by atoms with van der Waals surface area (Å²) in [4.78, 5) is 14.7. The molecule has 1 heterocycles. The molecule has 0 amide bonds. The zero-order valence-electron chi connectivity index (χ0n) is 12.2. The smallest absolute Gasteiger partial charge is 0.231 e. The van der Waals surface area contributed by atoms with Gasteiger partial charge in [-0.25, -0.2) is 0 Å². The quantitative estimate of drug-likeness (QED) is 0.730. The Balaban J connectivity index is 2.78. The fourth-order valence-electron chi connectivity index (χ4n) is 1.68. The van der Waals surface area contributed by atoms with Crippen LogP contribution in [0.1, 0.15) is 27.2 Å². The molecular formula is C12H24N6O. The lowest BCUT2D eigenvalue weighted by atomic mass is 10.2. The molecule has 0 radical (unpaired) electrons. The van der Waals surface area contributed by atoms with Gasteiger partial charge in [0.25, 0.3) is 0 Å². The maximum absolute atomic E-state index is 5.73. The maximum atomic E-state index is 5.73. The number of methoxy groups -OCH3 is 1. The van der Waals surface area contributed by atoms with Gasteiger partial charge >= 0.3 is 0 Å². The summed E-state index contributed by atoms with van der Waals surface area (Å²) in [6.07, 6.45) is 0.878. The Morgan fingerprint density at radius 2 is 1.95 bits per heavy atom. The molecule has 19 heavy (non-hydrogen) atoms. The molecule has 1 rings (SSSR count). The zero-order valence-corrected chi connectivity index (χ0v) is 12.2. The van der Waals surface area contributed by atoms with Crippen molar-refractivity contribution in [2.75, 3.05) is 42.8 Å². The van der Waals surface area contributed by atoms with Crippen molar-refractivity contribution >= 4 is 17.8 Å². The first-order valence-electron chi connectivity index (χ1n) is 6.62. The van der Waals surface area contributed by atoms with Crippen LogP contribution in [0, 0.1) is 0 Å². The summed E-state index contributed by atoms with van der Waals surface area (Å²) in [5.41, 5.74) is 5.73. The minimum atomic E-state index is 0.214. The van der Waals surface area contributed by atoms with Crippen LogP contribution in [0.4, 0.5) is 17.8 Å². The van der Waals surface area contributed by atoms with Crippen LogP contribution >= 0.6 is 0 Å². The first kappa shape index (κ1) is 15.4. The predicted molar refractivity (Wildman–Crippen MR) is 77.4 cm³/mol. The third kappa shape index (κ3) is 4.86. The van der Waals surface area contributed by atoms with Crippen LogP contribution in [-0.4, -0.2) is 47.8 Å². The van der Waals surface area contributed by atoms with Crippen LogP contribution in [0.15, 0.2) is 0 Å². The fourth-order valence-corrected chi connectivity index (χ4v) is 1.68. The van der Waals surface area contributed by atoms with Crippen molar-refractivity contribution in [2.45, 2.75) is 33.2 Å². The summed E-state index contributed by atoms with van der Waals surface area (Å²) in [7, 11) is 1.69. The second-order valence-electron chi connectivity index (χ2n) is 4.32. The van der Waals surface area contributed by atoms with Crippen molar-refractivity contribution < 1.29 is 4.74 Å². The summed E-state index contributed by atoms with van der Waals surface area (Å²) >= 11 is 0. The van der Waals surface area contributed by atoms with E-state index in [1.807, 2.05) is 4.90 Å². The molecule has 1 aromatic rings. The Labute approximate surface area is 114 Å². The van der Waals surface area contributed by atoms with Crippen molar-refractivity contribution in [1.29, 1.82) is 0 Å². The first-order chi connectivity index (χ1) is 9.10. The highest BCUT2D eigenvalue weighted by Crippen LogP contribution is 2.12. The van der Waals surface area contributed by atoms with E-state index in [-0.39, 0.29) is 12.0 Å². The molecule has 0 aromatic carbocycles. The van der Waals surface area contributed by atoms with Gasteiger partial charge < -0.3 is 20.7 Å². The summed E-state index contributed by atoms with van der Waals surface area (Å²) in [5.74, 6) is 1.36. The van der Waals surface area contributed by atoms with Gasteiger partial charge in [0.05, 0.1) is 0 Å². The number of nitrogens with zero attached hydrogens (tertiary/aromatic N) is 4. The molecule has 0 aliphatic carbocycles. The average molecular weight is 268 g/mol. The first-order valence-corrected chi connectivity index (χ1v) is 6.62. The molecule has 108 valence electrons. The van der Waals surface area contributed by atoms with Gasteiger partial charge in [-0.15, -0.1) is 0 Å². The molecule has 0 bridgehead atoms. The highest BCUT2D eigenvalue weighted by atomic mass is 16.5. The normalized spacial score (nSPS) is 12.2. The van der Waals surface area contributed by atoms with Crippen molar-refractivity contribution in [3.05, 3.63) is 0 Å². The van der Waals surface area contributed by atoms with Crippen molar-refractivity contribution in [3.8, 4) is 0 Å². The lowest BCUT2D eigenvalue weighted by molar-refractivity contribution is 0.191. The van der Waals surface area contributed by atoms with Gasteiger partial charge in [-0.3, -0.25) is 0 Å². The van der Waals surface area contributed by atoms with Gasteiger partial charge in [0, 0.05) is 32.8 Å². The van der Waals surface area contributed by atoms with E-state index in [0.717, 1.165) is 19.5 Å². The van der Waals surface area contributed by atoms with Gasteiger partial charge in [-0.05, 0) is 27.2 Å². The average Bonchev–Trinajstić information content (AvgIpc) is 2.37. The van der Waals surface area contributed by atoms with Gasteiger partial charge in [0.1, 0.15) is 0 Å². The summed E-state index contributed by atoms with van der Waals surface area (Å²) in [6, 6.07) is 0.214. The van der Waals surface area contributed by atoms with Gasteiger partial charge in [-0.1, -0.05) is 0 Å². The third-order valence-corrected chi connectivity index (χ3v) is 2.82. The third-order valence-electron chi connectivity index (χ3n) is 2.82. The summed E-state index contributed by atoms with van der Waals surface area (Å²) < 4.78 is 5.04. The van der Waals surface area contributed by atoms with Gasteiger partial charge in [0.2, 0.25) is 17.8 Å². The van der Waals surface area contributed by atoms with Crippen molar-refractivity contribution in [2.24, 2.45) is 0 Å². The lowest BCUT2D eigenvalue weighted by Crippen LogP contribution is -2.26. The molecule has 1 unspecified atom stereocenters. The molecule has 1 aromatic heterocycles. The van der Waals surface area contributed by atoms with Crippen molar-refractivity contribution in [1.82, 2.24) is 15.0 Å². The van der Waals surface area contributed by atoms with Gasteiger partial charge in [-0.2, -0.15) is 15.0 Å². The van der Waals surface area contributed by atoms with Crippen LogP contribution < -0.4 is 16.0 Å². The number of ether oxygens (including phenoxy) is 1. The van der Waals surface area contributed by atoms with Crippen LogP contribution in [-0.2, 0) is 4.74 Å². The zero-order chi connectivity index (χ0) is 14.3. The van der Waals surface area contributed by atoms with Crippen LogP contribution in [0.5, 0.6) is 0 Å². The van der Waals surface area contributed by atoms with E-state index in [1.54, 1.807) is 7.11 Å². The van der Waals surface area contributed by atoms with Crippen LogP contribution in [0.3, 0.4) is 0 Å². The van der Waals surface area contributed by atoms with Crippen molar-refractivity contribution in [3.63, 3.8) is 0 Å². The highest BCUT2D eigenvalue weighted by Gasteiger charge is 2.11. The van der Waals surface area contributed by atoms with E-state index in [2.05, 4.69) is 41.0 Å². The van der Waals surface area contributed by atoms with Gasteiger partial charge in [0.15, 0.2) is 0 Å². The molecule has 3 N–H and O–H groups in total. The van der Waals surface area contributed by atoms with E-state index >= 15 is 0 Å². The molecule has 0 saturated heterocycles. The molecule has 7 heteroatoms. The largest absolute Gasteiger partial charge is 0.385 e. The second-order valence-corrected chi connectivity index (χ2v) is 4.32. The monoisotopic (exact) mass is 268 g/mol. The van der Waals surface area contributed by atoms with E-state index < -0.39 is 0 Å². The second kappa shape index (κ2) is 7.73. The fraction of sp³-hybridized carbons (Fsp3) is 0.750. The molecule has 0 saturated carbocycles. The number of nitrogen functional groups attached to an aromatic ring is 1. The number of anilines is 3. The molecule has 0 spiro atoms. The molecule has 0 aliphatic heterocycles. The van der Waals surface area contributed by atoms with Crippen LogP contribution in [0.2, 0.25) is 0 Å². The molecule has 7 nitrogen and oxygen atoms in total. The van der Waals surface area contributed by atoms with E-state index in [9.17, 15) is 0 Å². The molecule has 0 aliphatic rings. The SMILES string of the molecule is CCN(CC)c1nc(N)nc(NC(C)CCOC)n1. The molecule has 1 atom stereocenters. The van der Waals surface area contributed by atoms with E-state index in [0.29, 0.717) is 18.5 Å². The number of hydrogen-bond donors (Lipinski definition) is 2. The topological polar surface area (TPSA) is 89.2 Å². The standard InChI is InChI=1S/C12H24N6O/c1-5-18(6-2)12-16-10(13)15-11(17-12)14-9(3)7-8-19-4/h9H,5-8H2,1-4H3,(H3,13,14,15,16,17). The lowest BCUT2D eigenvalue weighted by Gasteiger charge is -2.20. The number of nitrogens with one attached hydrogen (secondary N) is 1. The molecule has 0 fully saturated rings. The Hall–Kier alpha value is -1.63. The molecular weight excluding hydrogens is 244 g/mol. The predicted octanol–water partition coefficient (Wildman–Crippen LogP) is 1.14. The Kier molecular flexibility index (Phi) is 6.27. The number of nitrogens with two attached hydrogens (primary N) is 1. The summed E-state index contributed by atoms with van der Waals surface area (Å²) in [6.45, 7) is 8.51. The van der Waals surface area contributed by atoms with E-state index in [4.69, 9.17) is 10.5 Å². The van der Waals surface area contributed by atoms with E-state index in [1.165, 1.54) is 0 Å². The summed E-state index contributed by atoms with van der Waals surface area (Å²) in [5, 5.41) is 3.21. The Morgan fingerprint density at radius 1 is 1.26 bits per heavy atom. The Morgan fingerprint density at radius 3 is 2.53 bits per heavy atom. The number of hydrogen-bond acceptors (Lipinski definition) is 7. The number of rotatable bonds is 8. The Bertz CT molecular complexity index is 382. The van der Waals surface area contributed by atoms with Crippen LogP contribution in [0.25, 0.3) is 0 Å². The maximum Gasteiger partial charge on any atom is 0.231 e.